The molecule has 24 heavy (non-hydrogen) atoms. The number of amides is 2. The van der Waals surface area contributed by atoms with E-state index < -0.39 is 0 Å². The van der Waals surface area contributed by atoms with E-state index in [-0.39, 0.29) is 18.4 Å². The molecule has 126 valence electrons. The first kappa shape index (κ1) is 18.1. The predicted molar refractivity (Wildman–Crippen MR) is 95.9 cm³/mol. The summed E-state index contributed by atoms with van der Waals surface area (Å²) < 4.78 is 5.43. The number of hydrogen-bond donors (Lipinski definition) is 2. The number of ether oxygens (including phenoxy) is 1. The SMILES string of the molecule is CCC(=O)Nc1cccc(OCC(=O)Nc2ccc(Cl)c(Cl)c2)c1. The third-order valence-corrected chi connectivity index (χ3v) is 3.75. The molecular weight excluding hydrogens is 351 g/mol. The van der Waals surface area contributed by atoms with Gasteiger partial charge in [0.05, 0.1) is 10.0 Å². The second-order valence-electron chi connectivity index (χ2n) is 4.90. The lowest BCUT2D eigenvalue weighted by molar-refractivity contribution is -0.118. The molecule has 0 unspecified atom stereocenters. The number of halogens is 2. The second-order valence-corrected chi connectivity index (χ2v) is 5.71. The lowest BCUT2D eigenvalue weighted by Gasteiger charge is -2.10. The molecule has 0 aliphatic heterocycles. The van der Waals surface area contributed by atoms with Gasteiger partial charge in [0.25, 0.3) is 5.91 Å². The number of benzene rings is 2. The molecule has 0 saturated heterocycles. The molecule has 0 aromatic heterocycles. The van der Waals surface area contributed by atoms with Gasteiger partial charge in [-0.1, -0.05) is 36.2 Å². The van der Waals surface area contributed by atoms with Crippen LogP contribution in [0.3, 0.4) is 0 Å². The quantitative estimate of drug-likeness (QED) is 0.797. The molecule has 0 bridgehead atoms. The van der Waals surface area contributed by atoms with Crippen LogP contribution in [0.15, 0.2) is 42.5 Å². The van der Waals surface area contributed by atoms with Crippen LogP contribution in [-0.4, -0.2) is 18.4 Å². The molecule has 0 atom stereocenters. The Bertz CT molecular complexity index is 750. The van der Waals surface area contributed by atoms with E-state index in [1.807, 2.05) is 0 Å². The molecule has 2 amide bonds. The third-order valence-electron chi connectivity index (χ3n) is 3.01. The minimum atomic E-state index is -0.337. The summed E-state index contributed by atoms with van der Waals surface area (Å²) in [5.41, 5.74) is 1.14. The maximum atomic E-state index is 11.9. The standard InChI is InChI=1S/C17H16Cl2N2O3/c1-2-16(22)20-11-4-3-5-13(8-11)24-10-17(23)21-12-6-7-14(18)15(19)9-12/h3-9H,2,10H2,1H3,(H,20,22)(H,21,23). The number of anilines is 2. The van der Waals surface area contributed by atoms with Crippen molar-refractivity contribution in [1.29, 1.82) is 0 Å². The van der Waals surface area contributed by atoms with Crippen LogP contribution in [0.25, 0.3) is 0 Å². The van der Waals surface area contributed by atoms with Gasteiger partial charge in [0.15, 0.2) is 6.61 Å². The van der Waals surface area contributed by atoms with Crippen LogP contribution in [0.5, 0.6) is 5.75 Å². The number of rotatable bonds is 6. The van der Waals surface area contributed by atoms with E-state index >= 15 is 0 Å². The molecule has 5 nitrogen and oxygen atoms in total. The van der Waals surface area contributed by atoms with Crippen molar-refractivity contribution in [2.75, 3.05) is 17.2 Å². The highest BCUT2D eigenvalue weighted by Crippen LogP contribution is 2.25. The van der Waals surface area contributed by atoms with Crippen LogP contribution < -0.4 is 15.4 Å². The molecular formula is C17H16Cl2N2O3. The molecule has 0 aliphatic rings. The van der Waals surface area contributed by atoms with Gasteiger partial charge in [-0.25, -0.2) is 0 Å². The highest BCUT2D eigenvalue weighted by atomic mass is 35.5. The molecule has 2 rings (SSSR count). The van der Waals surface area contributed by atoms with Crippen molar-refractivity contribution in [3.05, 3.63) is 52.5 Å². The molecule has 0 spiro atoms. The summed E-state index contributed by atoms with van der Waals surface area (Å²) in [6, 6.07) is 11.6. The van der Waals surface area contributed by atoms with Crippen molar-refractivity contribution in [1.82, 2.24) is 0 Å². The summed E-state index contributed by atoms with van der Waals surface area (Å²) in [6.45, 7) is 1.59. The topological polar surface area (TPSA) is 67.4 Å². The van der Waals surface area contributed by atoms with Crippen molar-refractivity contribution in [2.45, 2.75) is 13.3 Å². The largest absolute Gasteiger partial charge is 0.484 e. The molecule has 2 aromatic rings. The number of carbonyl (C=O) groups is 2. The van der Waals surface area contributed by atoms with Gasteiger partial charge in [0, 0.05) is 23.9 Å². The Morgan fingerprint density at radius 2 is 1.67 bits per heavy atom. The lowest BCUT2D eigenvalue weighted by Crippen LogP contribution is -2.20. The Kier molecular flexibility index (Phi) is 6.46. The van der Waals surface area contributed by atoms with Gasteiger partial charge in [-0.15, -0.1) is 0 Å². The fourth-order valence-electron chi connectivity index (χ4n) is 1.83. The summed E-state index contributed by atoms with van der Waals surface area (Å²) >= 11 is 11.7. The fourth-order valence-corrected chi connectivity index (χ4v) is 2.13. The van der Waals surface area contributed by atoms with E-state index in [1.54, 1.807) is 49.4 Å². The van der Waals surface area contributed by atoms with Crippen molar-refractivity contribution in [2.24, 2.45) is 0 Å². The van der Waals surface area contributed by atoms with Gasteiger partial charge >= 0.3 is 0 Å². The summed E-state index contributed by atoms with van der Waals surface area (Å²) in [7, 11) is 0. The molecule has 7 heteroatoms. The van der Waals surface area contributed by atoms with Crippen LogP contribution in [0.4, 0.5) is 11.4 Å². The predicted octanol–water partition coefficient (Wildman–Crippen LogP) is 4.36. The molecule has 2 N–H and O–H groups in total. The van der Waals surface area contributed by atoms with Gasteiger partial charge < -0.3 is 15.4 Å². The number of nitrogens with one attached hydrogen (secondary N) is 2. The van der Waals surface area contributed by atoms with Crippen LogP contribution in [0.2, 0.25) is 10.0 Å². The Labute approximate surface area is 149 Å². The first-order chi connectivity index (χ1) is 11.5. The summed E-state index contributed by atoms with van der Waals surface area (Å²) in [4.78, 5) is 23.3. The van der Waals surface area contributed by atoms with E-state index in [4.69, 9.17) is 27.9 Å². The van der Waals surface area contributed by atoms with Crippen molar-refractivity contribution >= 4 is 46.4 Å². The summed E-state index contributed by atoms with van der Waals surface area (Å²) in [5.74, 6) is 0.0501. The maximum Gasteiger partial charge on any atom is 0.262 e. The van der Waals surface area contributed by atoms with E-state index in [1.165, 1.54) is 0 Å². The number of hydrogen-bond acceptors (Lipinski definition) is 3. The maximum absolute atomic E-state index is 11.9. The molecule has 2 aromatic carbocycles. The minimum absolute atomic E-state index is 0.0930. The zero-order valence-corrected chi connectivity index (χ0v) is 14.4. The molecule has 0 fully saturated rings. The van der Waals surface area contributed by atoms with E-state index in [2.05, 4.69) is 10.6 Å². The molecule has 0 heterocycles. The molecule has 0 radical (unpaired) electrons. The van der Waals surface area contributed by atoms with Crippen LogP contribution in [-0.2, 0) is 9.59 Å². The second kappa shape index (κ2) is 8.57. The van der Waals surface area contributed by atoms with E-state index in [9.17, 15) is 9.59 Å². The Balaban J connectivity index is 1.90. The first-order valence-corrected chi connectivity index (χ1v) is 8.01. The van der Waals surface area contributed by atoms with Crippen LogP contribution >= 0.6 is 23.2 Å². The van der Waals surface area contributed by atoms with Crippen LogP contribution in [0.1, 0.15) is 13.3 Å². The summed E-state index contributed by atoms with van der Waals surface area (Å²) in [5, 5.41) is 6.15. The molecule has 0 saturated carbocycles. The van der Waals surface area contributed by atoms with Gasteiger partial charge in [-0.2, -0.15) is 0 Å². The van der Waals surface area contributed by atoms with Gasteiger partial charge in [-0.3, -0.25) is 9.59 Å². The van der Waals surface area contributed by atoms with Crippen molar-refractivity contribution < 1.29 is 14.3 Å². The first-order valence-electron chi connectivity index (χ1n) is 7.25. The number of carbonyl (C=O) groups excluding carboxylic acids is 2. The van der Waals surface area contributed by atoms with Gasteiger partial charge in [0.1, 0.15) is 5.75 Å². The van der Waals surface area contributed by atoms with Gasteiger partial charge in [0.2, 0.25) is 5.91 Å². The zero-order valence-electron chi connectivity index (χ0n) is 12.9. The zero-order chi connectivity index (χ0) is 17.5. The highest BCUT2D eigenvalue weighted by Gasteiger charge is 2.07. The van der Waals surface area contributed by atoms with Crippen LogP contribution in [0, 0.1) is 0 Å². The average Bonchev–Trinajstić information content (AvgIpc) is 2.56. The smallest absolute Gasteiger partial charge is 0.262 e. The van der Waals surface area contributed by atoms with E-state index in [0.717, 1.165) is 0 Å². The highest BCUT2D eigenvalue weighted by molar-refractivity contribution is 6.42. The minimum Gasteiger partial charge on any atom is -0.484 e. The van der Waals surface area contributed by atoms with Crippen molar-refractivity contribution in [3.63, 3.8) is 0 Å². The monoisotopic (exact) mass is 366 g/mol. The normalized spacial score (nSPS) is 10.1. The van der Waals surface area contributed by atoms with Crippen molar-refractivity contribution in [3.8, 4) is 5.75 Å². The fraction of sp³-hybridized carbons (Fsp3) is 0.176. The van der Waals surface area contributed by atoms with E-state index in [0.29, 0.717) is 33.6 Å². The Hall–Kier alpha value is -2.24. The Morgan fingerprint density at radius 1 is 0.958 bits per heavy atom. The Morgan fingerprint density at radius 3 is 2.38 bits per heavy atom. The molecule has 0 aliphatic carbocycles. The lowest BCUT2D eigenvalue weighted by atomic mass is 10.3. The summed E-state index contributed by atoms with van der Waals surface area (Å²) in [6.07, 6.45) is 0.386. The van der Waals surface area contributed by atoms with Gasteiger partial charge in [-0.05, 0) is 30.3 Å². The third kappa shape index (κ3) is 5.44. The average molecular weight is 367 g/mol.